The van der Waals surface area contributed by atoms with Crippen LogP contribution in [0.2, 0.25) is 0 Å². The minimum atomic E-state index is -0.329. The van der Waals surface area contributed by atoms with Crippen molar-refractivity contribution in [3.05, 3.63) is 23.8 Å². The Morgan fingerprint density at radius 3 is 2.32 bits per heavy atom. The lowest BCUT2D eigenvalue weighted by Gasteiger charge is -2.42. The molecule has 3 aliphatic rings. The fourth-order valence-electron chi connectivity index (χ4n) is 5.96. The standard InChI is InChI=1S/C29H44N4O4/c1-21(2)37-27(35)20-32-19-22-11-9-16-25(28(22)31-29(32)30)36-18-10-17-26(34)33(23-12-5-3-6-13-23)24-14-7-4-8-15-24/h9,11,16,21,23-24H,3-8,10,12-15,17-20H2,1-2H3,(H2,30,31). The van der Waals surface area contributed by atoms with E-state index in [1.807, 2.05) is 32.0 Å². The van der Waals surface area contributed by atoms with Gasteiger partial charge in [0.05, 0.1) is 12.7 Å². The number of esters is 1. The van der Waals surface area contributed by atoms with Gasteiger partial charge in [0.15, 0.2) is 5.96 Å². The van der Waals surface area contributed by atoms with E-state index in [9.17, 15) is 9.59 Å². The summed E-state index contributed by atoms with van der Waals surface area (Å²) in [6, 6.07) is 6.62. The molecule has 2 N–H and O–H groups in total. The highest BCUT2D eigenvalue weighted by atomic mass is 16.5. The summed E-state index contributed by atoms with van der Waals surface area (Å²) in [5, 5.41) is 0. The van der Waals surface area contributed by atoms with Crippen molar-refractivity contribution in [3.8, 4) is 5.75 Å². The first kappa shape index (κ1) is 27.3. The van der Waals surface area contributed by atoms with Gasteiger partial charge >= 0.3 is 5.97 Å². The van der Waals surface area contributed by atoms with Crippen LogP contribution < -0.4 is 10.5 Å². The van der Waals surface area contributed by atoms with E-state index in [0.29, 0.717) is 55.4 Å². The molecule has 2 saturated carbocycles. The summed E-state index contributed by atoms with van der Waals surface area (Å²) in [7, 11) is 0. The van der Waals surface area contributed by atoms with Gasteiger partial charge in [0.1, 0.15) is 18.0 Å². The van der Waals surface area contributed by atoms with Crippen molar-refractivity contribution in [2.24, 2.45) is 10.7 Å². The van der Waals surface area contributed by atoms with E-state index < -0.39 is 0 Å². The summed E-state index contributed by atoms with van der Waals surface area (Å²) >= 11 is 0. The van der Waals surface area contributed by atoms with Crippen LogP contribution in [0.5, 0.6) is 5.75 Å². The van der Waals surface area contributed by atoms with Crippen LogP contribution >= 0.6 is 0 Å². The molecule has 2 fully saturated rings. The molecule has 0 aromatic heterocycles. The molecule has 1 amide bonds. The number of nitrogens with zero attached hydrogens (tertiary/aromatic N) is 3. The number of hydrogen-bond acceptors (Lipinski definition) is 7. The number of guanidine groups is 1. The van der Waals surface area contributed by atoms with Crippen LogP contribution in [0.1, 0.15) is 96.5 Å². The Morgan fingerprint density at radius 2 is 1.70 bits per heavy atom. The summed E-state index contributed by atoms with van der Waals surface area (Å²) in [4.78, 5) is 34.0. The zero-order valence-electron chi connectivity index (χ0n) is 22.6. The number of carbonyl (C=O) groups excluding carboxylic acids is 2. The number of benzene rings is 1. The van der Waals surface area contributed by atoms with Crippen LogP contribution in [0.25, 0.3) is 0 Å². The van der Waals surface area contributed by atoms with Gasteiger partial charge in [-0.25, -0.2) is 4.99 Å². The summed E-state index contributed by atoms with van der Waals surface area (Å²) in [6.07, 6.45) is 13.2. The van der Waals surface area contributed by atoms with Gasteiger partial charge in [-0.3, -0.25) is 9.59 Å². The van der Waals surface area contributed by atoms with Crippen molar-refractivity contribution in [2.45, 2.75) is 116 Å². The van der Waals surface area contributed by atoms with Crippen LogP contribution in [0.15, 0.2) is 23.2 Å². The largest absolute Gasteiger partial charge is 0.491 e. The minimum Gasteiger partial charge on any atom is -0.491 e. The molecule has 0 unspecified atom stereocenters. The summed E-state index contributed by atoms with van der Waals surface area (Å²) < 4.78 is 11.3. The third-order valence-electron chi connectivity index (χ3n) is 7.70. The van der Waals surface area contributed by atoms with E-state index in [-0.39, 0.29) is 24.6 Å². The molecule has 8 nitrogen and oxygen atoms in total. The van der Waals surface area contributed by atoms with Gasteiger partial charge in [-0.05, 0) is 52.0 Å². The van der Waals surface area contributed by atoms with Crippen LogP contribution in [0, 0.1) is 0 Å². The van der Waals surface area contributed by atoms with E-state index in [0.717, 1.165) is 31.2 Å². The minimum absolute atomic E-state index is 0.0542. The van der Waals surface area contributed by atoms with Gasteiger partial charge in [-0.1, -0.05) is 50.7 Å². The third kappa shape index (κ3) is 7.39. The second kappa shape index (κ2) is 13.2. The maximum atomic E-state index is 13.4. The SMILES string of the molecule is CC(C)OC(=O)CN1Cc2cccc(OCCCC(=O)N(C3CCCCC3)C3CCCCC3)c2N=C1N. The number of para-hydroxylation sites is 1. The molecule has 4 rings (SSSR count). The second-order valence-electron chi connectivity index (χ2n) is 11.0. The van der Waals surface area contributed by atoms with Gasteiger partial charge < -0.3 is 25.0 Å². The third-order valence-corrected chi connectivity index (χ3v) is 7.70. The molecule has 204 valence electrons. The highest BCUT2D eigenvalue weighted by molar-refractivity contribution is 5.88. The number of ether oxygens (including phenoxy) is 2. The number of rotatable bonds is 10. The van der Waals surface area contributed by atoms with E-state index in [1.54, 1.807) is 4.90 Å². The Labute approximate surface area is 221 Å². The maximum Gasteiger partial charge on any atom is 0.325 e. The van der Waals surface area contributed by atoms with Crippen LogP contribution in [0.3, 0.4) is 0 Å². The van der Waals surface area contributed by atoms with Crippen molar-refractivity contribution in [1.82, 2.24) is 9.80 Å². The summed E-state index contributed by atoms with van der Waals surface area (Å²) in [5.41, 5.74) is 7.82. The van der Waals surface area contributed by atoms with Gasteiger partial charge in [0, 0.05) is 30.6 Å². The molecule has 8 heteroatoms. The number of hydrogen-bond donors (Lipinski definition) is 1. The van der Waals surface area contributed by atoms with Crippen LogP contribution in [0.4, 0.5) is 5.69 Å². The monoisotopic (exact) mass is 512 g/mol. The van der Waals surface area contributed by atoms with Crippen LogP contribution in [-0.2, 0) is 20.9 Å². The molecule has 0 spiro atoms. The average molecular weight is 513 g/mol. The molecule has 1 aliphatic heterocycles. The fourth-order valence-corrected chi connectivity index (χ4v) is 5.96. The Hall–Kier alpha value is -2.77. The lowest BCUT2D eigenvalue weighted by Crippen LogP contribution is -2.48. The summed E-state index contributed by atoms with van der Waals surface area (Å²) in [6.45, 7) is 4.61. The Kier molecular flexibility index (Phi) is 9.69. The van der Waals surface area contributed by atoms with Gasteiger partial charge in [-0.15, -0.1) is 0 Å². The molecule has 0 saturated heterocycles. The number of carbonyl (C=O) groups is 2. The van der Waals surface area contributed by atoms with Crippen molar-refractivity contribution in [3.63, 3.8) is 0 Å². The highest BCUT2D eigenvalue weighted by Gasteiger charge is 2.32. The predicted molar refractivity (Wildman–Crippen MR) is 145 cm³/mol. The molecule has 0 radical (unpaired) electrons. The Bertz CT molecular complexity index is 933. The lowest BCUT2D eigenvalue weighted by molar-refractivity contribution is -0.147. The van der Waals surface area contributed by atoms with Gasteiger partial charge in [-0.2, -0.15) is 0 Å². The van der Waals surface area contributed by atoms with Crippen molar-refractivity contribution < 1.29 is 19.1 Å². The molecular formula is C29H44N4O4. The molecular weight excluding hydrogens is 468 g/mol. The van der Waals surface area contributed by atoms with Crippen LogP contribution in [-0.4, -0.2) is 59.0 Å². The van der Waals surface area contributed by atoms with Crippen molar-refractivity contribution in [2.75, 3.05) is 13.2 Å². The molecule has 1 heterocycles. The quantitative estimate of drug-likeness (QED) is 0.348. The molecule has 1 aromatic rings. The smallest absolute Gasteiger partial charge is 0.325 e. The topological polar surface area (TPSA) is 97.5 Å². The van der Waals surface area contributed by atoms with E-state index in [4.69, 9.17) is 15.2 Å². The van der Waals surface area contributed by atoms with Gasteiger partial charge in [0.2, 0.25) is 5.91 Å². The van der Waals surface area contributed by atoms with Crippen molar-refractivity contribution in [1.29, 1.82) is 0 Å². The molecule has 37 heavy (non-hydrogen) atoms. The summed E-state index contributed by atoms with van der Waals surface area (Å²) in [5.74, 6) is 0.900. The molecule has 2 aliphatic carbocycles. The maximum absolute atomic E-state index is 13.4. The number of fused-ring (bicyclic) bond motifs is 1. The zero-order chi connectivity index (χ0) is 26.2. The van der Waals surface area contributed by atoms with Crippen molar-refractivity contribution >= 4 is 23.5 Å². The first-order chi connectivity index (χ1) is 17.9. The van der Waals surface area contributed by atoms with E-state index >= 15 is 0 Å². The first-order valence-electron chi connectivity index (χ1n) is 14.3. The second-order valence-corrected chi connectivity index (χ2v) is 11.0. The predicted octanol–water partition coefficient (Wildman–Crippen LogP) is 5.05. The number of amides is 1. The number of nitrogens with two attached hydrogens (primary N) is 1. The fraction of sp³-hybridized carbons (Fsp3) is 0.690. The lowest BCUT2D eigenvalue weighted by atomic mass is 9.88. The van der Waals surface area contributed by atoms with E-state index in [1.165, 1.54) is 38.5 Å². The normalized spacial score (nSPS) is 18.8. The van der Waals surface area contributed by atoms with E-state index in [2.05, 4.69) is 9.89 Å². The molecule has 1 aromatic carbocycles. The molecule has 0 bridgehead atoms. The Morgan fingerprint density at radius 1 is 1.05 bits per heavy atom. The highest BCUT2D eigenvalue weighted by Crippen LogP contribution is 2.35. The average Bonchev–Trinajstić information content (AvgIpc) is 2.88. The first-order valence-corrected chi connectivity index (χ1v) is 14.3. The molecule has 0 atom stereocenters. The zero-order valence-corrected chi connectivity index (χ0v) is 22.6. The van der Waals surface area contributed by atoms with Gasteiger partial charge in [0.25, 0.3) is 0 Å². The number of aliphatic imine (C=N–C) groups is 1. The Balaban J connectivity index is 1.32.